The number of hydrogen-bond acceptors (Lipinski definition) is 4. The van der Waals surface area contributed by atoms with E-state index in [0.29, 0.717) is 12.0 Å². The van der Waals surface area contributed by atoms with Gasteiger partial charge in [0, 0.05) is 24.9 Å². The lowest BCUT2D eigenvalue weighted by molar-refractivity contribution is -0.153. The number of esters is 1. The highest BCUT2D eigenvalue weighted by molar-refractivity contribution is 5.82. The molecular weight excluding hydrogens is 225 g/mol. The molecule has 0 aliphatic carbocycles. The SMILES string of the molecule is O=C1C=CCC(C(O)C(F)c2ccncc2)O1. The van der Waals surface area contributed by atoms with E-state index in [1.807, 2.05) is 0 Å². The van der Waals surface area contributed by atoms with E-state index in [1.54, 1.807) is 6.08 Å². The topological polar surface area (TPSA) is 59.4 Å². The van der Waals surface area contributed by atoms with Crippen LogP contribution in [0.25, 0.3) is 0 Å². The number of rotatable bonds is 3. The Morgan fingerprint density at radius 3 is 2.82 bits per heavy atom. The van der Waals surface area contributed by atoms with Gasteiger partial charge in [-0.3, -0.25) is 4.98 Å². The molecule has 1 aliphatic heterocycles. The van der Waals surface area contributed by atoms with Crippen molar-refractivity contribution >= 4 is 5.97 Å². The summed E-state index contributed by atoms with van der Waals surface area (Å²) in [6, 6.07) is 2.96. The Bertz CT molecular complexity index is 421. The summed E-state index contributed by atoms with van der Waals surface area (Å²) in [6.45, 7) is 0. The van der Waals surface area contributed by atoms with Crippen molar-refractivity contribution in [1.82, 2.24) is 4.98 Å². The van der Waals surface area contributed by atoms with Crippen LogP contribution in [0.4, 0.5) is 4.39 Å². The molecule has 1 aliphatic rings. The van der Waals surface area contributed by atoms with Gasteiger partial charge in [0.15, 0.2) is 6.17 Å². The highest BCUT2D eigenvalue weighted by Gasteiger charge is 2.32. The molecule has 0 fully saturated rings. The molecule has 2 rings (SSSR count). The molecule has 3 atom stereocenters. The van der Waals surface area contributed by atoms with Crippen molar-refractivity contribution < 1.29 is 19.0 Å². The summed E-state index contributed by atoms with van der Waals surface area (Å²) >= 11 is 0. The number of halogens is 1. The van der Waals surface area contributed by atoms with Gasteiger partial charge in [-0.15, -0.1) is 0 Å². The van der Waals surface area contributed by atoms with E-state index in [1.165, 1.54) is 30.6 Å². The minimum atomic E-state index is -1.60. The number of aliphatic hydroxyl groups is 1. The maximum atomic E-state index is 13.9. The Kier molecular flexibility index (Phi) is 3.49. The first kappa shape index (κ1) is 11.7. The van der Waals surface area contributed by atoms with Gasteiger partial charge >= 0.3 is 5.97 Å². The van der Waals surface area contributed by atoms with Gasteiger partial charge < -0.3 is 9.84 Å². The molecular formula is C12H12FNO3. The van der Waals surface area contributed by atoms with Crippen molar-refractivity contribution in [3.63, 3.8) is 0 Å². The van der Waals surface area contributed by atoms with Crippen LogP contribution in [0.1, 0.15) is 18.2 Å². The average molecular weight is 237 g/mol. The standard InChI is InChI=1S/C12H12FNO3/c13-11(8-4-6-14-7-5-8)12(16)9-2-1-3-10(15)17-9/h1,3-7,9,11-12,16H,2H2. The zero-order valence-corrected chi connectivity index (χ0v) is 8.99. The highest BCUT2D eigenvalue weighted by atomic mass is 19.1. The Morgan fingerprint density at radius 1 is 1.47 bits per heavy atom. The molecule has 0 saturated carbocycles. The fourth-order valence-corrected chi connectivity index (χ4v) is 1.68. The van der Waals surface area contributed by atoms with Crippen molar-refractivity contribution in [3.8, 4) is 0 Å². The molecule has 17 heavy (non-hydrogen) atoms. The minimum absolute atomic E-state index is 0.318. The summed E-state index contributed by atoms with van der Waals surface area (Å²) in [5.41, 5.74) is 0.318. The smallest absolute Gasteiger partial charge is 0.330 e. The van der Waals surface area contributed by atoms with E-state index in [2.05, 4.69) is 4.98 Å². The maximum Gasteiger partial charge on any atom is 0.330 e. The van der Waals surface area contributed by atoms with E-state index < -0.39 is 24.3 Å². The van der Waals surface area contributed by atoms with Crippen LogP contribution in [0.2, 0.25) is 0 Å². The molecule has 0 amide bonds. The normalized spacial score (nSPS) is 22.9. The summed E-state index contributed by atoms with van der Waals surface area (Å²) in [7, 11) is 0. The molecule has 90 valence electrons. The van der Waals surface area contributed by atoms with Crippen molar-refractivity contribution in [1.29, 1.82) is 0 Å². The molecule has 5 heteroatoms. The number of aromatic nitrogens is 1. The van der Waals surface area contributed by atoms with Gasteiger partial charge in [-0.2, -0.15) is 0 Å². The van der Waals surface area contributed by atoms with Crippen LogP contribution in [-0.2, 0) is 9.53 Å². The van der Waals surface area contributed by atoms with E-state index in [-0.39, 0.29) is 0 Å². The largest absolute Gasteiger partial charge is 0.456 e. The third-order valence-corrected chi connectivity index (χ3v) is 2.60. The van der Waals surface area contributed by atoms with Crippen LogP contribution < -0.4 is 0 Å². The monoisotopic (exact) mass is 237 g/mol. The molecule has 1 aromatic rings. The Balaban J connectivity index is 2.07. The van der Waals surface area contributed by atoms with Crippen LogP contribution in [0.15, 0.2) is 36.7 Å². The molecule has 0 bridgehead atoms. The summed E-state index contributed by atoms with van der Waals surface area (Å²) in [6.07, 6.45) is 2.24. The van der Waals surface area contributed by atoms with Gasteiger partial charge in [0.1, 0.15) is 12.2 Å². The second-order valence-corrected chi connectivity index (χ2v) is 3.79. The van der Waals surface area contributed by atoms with Crippen LogP contribution in [0, 0.1) is 0 Å². The number of cyclic esters (lactones) is 1. The van der Waals surface area contributed by atoms with Crippen LogP contribution in [-0.4, -0.2) is 28.3 Å². The number of nitrogens with zero attached hydrogens (tertiary/aromatic N) is 1. The molecule has 2 heterocycles. The highest BCUT2D eigenvalue weighted by Crippen LogP contribution is 2.26. The molecule has 1 N–H and O–H groups in total. The third kappa shape index (κ3) is 2.68. The van der Waals surface area contributed by atoms with Crippen LogP contribution >= 0.6 is 0 Å². The van der Waals surface area contributed by atoms with Gasteiger partial charge in [-0.05, 0) is 17.7 Å². The van der Waals surface area contributed by atoms with Gasteiger partial charge in [-0.1, -0.05) is 6.08 Å². The van der Waals surface area contributed by atoms with Crippen LogP contribution in [0.3, 0.4) is 0 Å². The summed E-state index contributed by atoms with van der Waals surface area (Å²) in [5, 5.41) is 9.81. The van der Waals surface area contributed by atoms with Crippen molar-refractivity contribution in [2.45, 2.75) is 24.8 Å². The van der Waals surface area contributed by atoms with Crippen molar-refractivity contribution in [2.75, 3.05) is 0 Å². The summed E-state index contributed by atoms with van der Waals surface area (Å²) < 4.78 is 18.8. The first-order valence-corrected chi connectivity index (χ1v) is 5.27. The number of ether oxygens (including phenoxy) is 1. The first-order valence-electron chi connectivity index (χ1n) is 5.27. The lowest BCUT2D eigenvalue weighted by atomic mass is 9.99. The van der Waals surface area contributed by atoms with Crippen molar-refractivity contribution in [2.24, 2.45) is 0 Å². The van der Waals surface area contributed by atoms with Crippen LogP contribution in [0.5, 0.6) is 0 Å². The second kappa shape index (κ2) is 5.05. The molecule has 0 spiro atoms. The number of carbonyl (C=O) groups excluding carboxylic acids is 1. The number of pyridine rings is 1. The molecule has 0 radical (unpaired) electrons. The predicted octanol–water partition coefficient (Wildman–Crippen LogP) is 1.32. The van der Waals surface area contributed by atoms with E-state index >= 15 is 0 Å². The van der Waals surface area contributed by atoms with Gasteiger partial charge in [0.05, 0.1) is 0 Å². The lowest BCUT2D eigenvalue weighted by Crippen LogP contribution is -2.35. The Labute approximate surface area is 97.7 Å². The Hall–Kier alpha value is -1.75. The summed E-state index contributed by atoms with van der Waals surface area (Å²) in [5.74, 6) is -0.553. The van der Waals surface area contributed by atoms with E-state index in [9.17, 15) is 14.3 Å². The second-order valence-electron chi connectivity index (χ2n) is 3.79. The molecule has 4 nitrogen and oxygen atoms in total. The molecule has 1 aromatic heterocycles. The van der Waals surface area contributed by atoms with Gasteiger partial charge in [0.2, 0.25) is 0 Å². The fourth-order valence-electron chi connectivity index (χ4n) is 1.68. The Morgan fingerprint density at radius 2 is 2.18 bits per heavy atom. The number of hydrogen-bond donors (Lipinski definition) is 1. The number of alkyl halides is 1. The van der Waals surface area contributed by atoms with E-state index in [4.69, 9.17) is 4.74 Å². The first-order chi connectivity index (χ1) is 8.18. The van der Waals surface area contributed by atoms with Gasteiger partial charge in [-0.25, -0.2) is 9.18 Å². The predicted molar refractivity (Wildman–Crippen MR) is 57.7 cm³/mol. The quantitative estimate of drug-likeness (QED) is 0.805. The van der Waals surface area contributed by atoms with Crippen molar-refractivity contribution in [3.05, 3.63) is 42.2 Å². The van der Waals surface area contributed by atoms with E-state index in [0.717, 1.165) is 0 Å². The zero-order chi connectivity index (χ0) is 12.3. The fraction of sp³-hybridized carbons (Fsp3) is 0.333. The molecule has 0 saturated heterocycles. The van der Waals surface area contributed by atoms with Gasteiger partial charge in [0.25, 0.3) is 0 Å². The molecule has 3 unspecified atom stereocenters. The average Bonchev–Trinajstić information content (AvgIpc) is 2.38. The number of carbonyl (C=O) groups is 1. The minimum Gasteiger partial charge on any atom is -0.456 e. The lowest BCUT2D eigenvalue weighted by Gasteiger charge is -2.26. The molecule has 0 aromatic carbocycles. The zero-order valence-electron chi connectivity index (χ0n) is 8.99. The summed E-state index contributed by atoms with van der Waals surface area (Å²) in [4.78, 5) is 14.8. The number of aliphatic hydroxyl groups excluding tert-OH is 1. The third-order valence-electron chi connectivity index (χ3n) is 2.60. The maximum absolute atomic E-state index is 13.9.